The molecule has 0 spiro atoms. The van der Waals surface area contributed by atoms with Crippen molar-refractivity contribution < 1.29 is 0 Å². The van der Waals surface area contributed by atoms with E-state index in [1.165, 1.54) is 10.8 Å². The number of hydrogen-bond acceptors (Lipinski definition) is 7. The van der Waals surface area contributed by atoms with E-state index in [-0.39, 0.29) is 5.95 Å². The average Bonchev–Trinajstić information content (AvgIpc) is 2.84. The molecule has 0 radical (unpaired) electrons. The second kappa shape index (κ2) is 9.15. The van der Waals surface area contributed by atoms with Crippen LogP contribution in [-0.2, 0) is 0 Å². The lowest BCUT2D eigenvalue weighted by atomic mass is 10.1. The van der Waals surface area contributed by atoms with Crippen molar-refractivity contribution in [3.63, 3.8) is 0 Å². The number of rotatable bonds is 6. The molecule has 0 saturated heterocycles. The van der Waals surface area contributed by atoms with Crippen molar-refractivity contribution in [3.05, 3.63) is 102 Å². The Labute approximate surface area is 190 Å². The summed E-state index contributed by atoms with van der Waals surface area (Å²) < 4.78 is 0. The molecule has 1 aromatic heterocycles. The van der Waals surface area contributed by atoms with Crippen LogP contribution in [-0.4, -0.2) is 22.4 Å². The van der Waals surface area contributed by atoms with Crippen LogP contribution >= 0.6 is 0 Å². The van der Waals surface area contributed by atoms with Crippen LogP contribution in [0.25, 0.3) is 21.5 Å². The van der Waals surface area contributed by atoms with Crippen LogP contribution in [0.4, 0.5) is 17.6 Å². The predicted molar refractivity (Wildman–Crippen MR) is 137 cm³/mol. The van der Waals surface area contributed by atoms with Crippen LogP contribution in [0.15, 0.2) is 101 Å². The maximum absolute atomic E-state index is 5.84. The van der Waals surface area contributed by atoms with Crippen LogP contribution in [0.2, 0.25) is 0 Å². The van der Waals surface area contributed by atoms with Crippen LogP contribution in [0, 0.1) is 0 Å². The van der Waals surface area contributed by atoms with E-state index >= 15 is 0 Å². The minimum Gasteiger partial charge on any atom is -0.368 e. The van der Waals surface area contributed by atoms with Gasteiger partial charge in [-0.1, -0.05) is 72.8 Å². The fraction of sp³-hybridized carbons (Fsp3) is 0. The molecule has 7 heteroatoms. The molecule has 4 N–H and O–H groups in total. The van der Waals surface area contributed by atoms with E-state index in [4.69, 9.17) is 5.73 Å². The summed E-state index contributed by atoms with van der Waals surface area (Å²) in [5, 5.41) is 13.2. The van der Waals surface area contributed by atoms with Crippen molar-refractivity contribution in [1.82, 2.24) is 9.97 Å². The van der Waals surface area contributed by atoms with Gasteiger partial charge in [0.1, 0.15) is 0 Å². The van der Waals surface area contributed by atoms with Crippen molar-refractivity contribution in [2.75, 3.05) is 16.6 Å². The SMILES string of the molecule is Nc1nc(N/N=C/c2ccc3ccccc3c2)cc(N/N=C/c2ccc3ccccc3c2)n1. The number of benzene rings is 4. The first-order chi connectivity index (χ1) is 16.2. The Hall–Kier alpha value is -4.78. The molecular weight excluding hydrogens is 410 g/mol. The van der Waals surface area contributed by atoms with E-state index in [1.807, 2.05) is 36.4 Å². The lowest BCUT2D eigenvalue weighted by Crippen LogP contribution is -2.03. The first-order valence-electron chi connectivity index (χ1n) is 10.4. The Morgan fingerprint density at radius 3 is 1.52 bits per heavy atom. The number of nitrogens with one attached hydrogen (secondary N) is 2. The molecule has 0 aliphatic carbocycles. The predicted octanol–water partition coefficient (Wildman–Crippen LogP) is 5.26. The van der Waals surface area contributed by atoms with Crippen molar-refractivity contribution in [1.29, 1.82) is 0 Å². The van der Waals surface area contributed by atoms with Gasteiger partial charge < -0.3 is 5.73 Å². The van der Waals surface area contributed by atoms with Gasteiger partial charge in [0.15, 0.2) is 11.6 Å². The number of nitrogens with zero attached hydrogens (tertiary/aromatic N) is 4. The summed E-state index contributed by atoms with van der Waals surface area (Å²) in [7, 11) is 0. The van der Waals surface area contributed by atoms with Crippen molar-refractivity contribution in [3.8, 4) is 0 Å². The fourth-order valence-corrected chi connectivity index (χ4v) is 3.50. The lowest BCUT2D eigenvalue weighted by molar-refractivity contribution is 1.13. The number of hydrazone groups is 2. The largest absolute Gasteiger partial charge is 0.368 e. The lowest BCUT2D eigenvalue weighted by Gasteiger charge is -2.05. The maximum atomic E-state index is 5.84. The van der Waals surface area contributed by atoms with Crippen LogP contribution in [0.1, 0.15) is 11.1 Å². The van der Waals surface area contributed by atoms with E-state index in [0.29, 0.717) is 11.6 Å². The maximum Gasteiger partial charge on any atom is 0.224 e. The molecule has 160 valence electrons. The number of aromatic nitrogens is 2. The highest BCUT2D eigenvalue weighted by Crippen LogP contribution is 2.16. The molecule has 33 heavy (non-hydrogen) atoms. The minimum absolute atomic E-state index is 0.115. The second-order valence-corrected chi connectivity index (χ2v) is 7.45. The van der Waals surface area contributed by atoms with E-state index in [2.05, 4.69) is 79.6 Å². The smallest absolute Gasteiger partial charge is 0.224 e. The summed E-state index contributed by atoms with van der Waals surface area (Å²) in [5.41, 5.74) is 13.6. The van der Waals surface area contributed by atoms with E-state index in [0.717, 1.165) is 21.9 Å². The normalized spacial score (nSPS) is 11.5. The summed E-state index contributed by atoms with van der Waals surface area (Å²) in [5.74, 6) is 1.04. The molecule has 0 atom stereocenters. The summed E-state index contributed by atoms with van der Waals surface area (Å²) >= 11 is 0. The van der Waals surface area contributed by atoms with Gasteiger partial charge in [0.2, 0.25) is 5.95 Å². The van der Waals surface area contributed by atoms with Crippen LogP contribution in [0.5, 0.6) is 0 Å². The third-order valence-electron chi connectivity index (χ3n) is 5.08. The van der Waals surface area contributed by atoms with Crippen LogP contribution < -0.4 is 16.6 Å². The highest BCUT2D eigenvalue weighted by molar-refractivity contribution is 5.91. The van der Waals surface area contributed by atoms with Gasteiger partial charge in [-0.3, -0.25) is 10.9 Å². The topological polar surface area (TPSA) is 101 Å². The highest BCUT2D eigenvalue weighted by atomic mass is 15.3. The fourth-order valence-electron chi connectivity index (χ4n) is 3.50. The number of hydrogen-bond donors (Lipinski definition) is 3. The number of nitrogens with two attached hydrogens (primary N) is 1. The minimum atomic E-state index is 0.115. The summed E-state index contributed by atoms with van der Waals surface area (Å²) in [6.07, 6.45) is 3.46. The summed E-state index contributed by atoms with van der Waals surface area (Å²) in [6.45, 7) is 0. The van der Waals surface area contributed by atoms with Gasteiger partial charge in [-0.05, 0) is 44.8 Å². The Morgan fingerprint density at radius 2 is 1.03 bits per heavy atom. The molecular formula is C26H21N7. The molecule has 0 fully saturated rings. The molecule has 0 amide bonds. The number of fused-ring (bicyclic) bond motifs is 2. The zero-order valence-electron chi connectivity index (χ0n) is 17.7. The van der Waals surface area contributed by atoms with Crippen molar-refractivity contribution in [2.45, 2.75) is 0 Å². The molecule has 0 saturated carbocycles. The van der Waals surface area contributed by atoms with Gasteiger partial charge in [-0.15, -0.1) is 0 Å². The monoisotopic (exact) mass is 431 g/mol. The standard InChI is InChI=1S/C26H21N7/c27-26-30-24(32-28-16-18-9-11-20-5-1-3-7-22(20)13-18)15-25(31-26)33-29-17-19-10-12-21-6-2-4-8-23(21)14-19/h1-17H,(H4,27,30,31,32,33)/b28-16+,29-17+. The third-order valence-corrected chi connectivity index (χ3v) is 5.08. The first kappa shape index (κ1) is 20.1. The molecule has 7 nitrogen and oxygen atoms in total. The Kier molecular flexibility index (Phi) is 5.59. The second-order valence-electron chi connectivity index (χ2n) is 7.45. The average molecular weight is 432 g/mol. The van der Waals surface area contributed by atoms with Gasteiger partial charge in [0, 0.05) is 6.07 Å². The highest BCUT2D eigenvalue weighted by Gasteiger charge is 2.01. The Bertz CT molecular complexity index is 1380. The zero-order chi connectivity index (χ0) is 22.5. The Balaban J connectivity index is 1.26. The van der Waals surface area contributed by atoms with Crippen molar-refractivity contribution >= 4 is 51.6 Å². The molecule has 5 rings (SSSR count). The van der Waals surface area contributed by atoms with E-state index in [1.54, 1.807) is 18.5 Å². The molecule has 0 aliphatic heterocycles. The van der Waals surface area contributed by atoms with Gasteiger partial charge in [-0.25, -0.2) is 0 Å². The number of nitrogen functional groups attached to an aromatic ring is 1. The molecule has 5 aromatic rings. The van der Waals surface area contributed by atoms with E-state index in [9.17, 15) is 0 Å². The van der Waals surface area contributed by atoms with Gasteiger partial charge in [0.25, 0.3) is 0 Å². The molecule has 0 aliphatic rings. The van der Waals surface area contributed by atoms with Gasteiger partial charge in [-0.2, -0.15) is 20.2 Å². The number of anilines is 3. The molecule has 1 heterocycles. The van der Waals surface area contributed by atoms with Gasteiger partial charge >= 0.3 is 0 Å². The van der Waals surface area contributed by atoms with Crippen LogP contribution in [0.3, 0.4) is 0 Å². The quantitative estimate of drug-likeness (QED) is 0.252. The summed E-state index contributed by atoms with van der Waals surface area (Å²) in [6, 6.07) is 30.4. The molecule has 0 unspecified atom stereocenters. The van der Waals surface area contributed by atoms with Gasteiger partial charge in [0.05, 0.1) is 12.4 Å². The third kappa shape index (κ3) is 4.94. The zero-order valence-corrected chi connectivity index (χ0v) is 17.7. The van der Waals surface area contributed by atoms with Crippen molar-refractivity contribution in [2.24, 2.45) is 10.2 Å². The molecule has 4 aromatic carbocycles. The first-order valence-corrected chi connectivity index (χ1v) is 10.4. The van der Waals surface area contributed by atoms with E-state index < -0.39 is 0 Å². The molecule has 0 bridgehead atoms. The summed E-state index contributed by atoms with van der Waals surface area (Å²) in [4.78, 5) is 8.33. The Morgan fingerprint density at radius 1 is 0.576 bits per heavy atom.